The minimum atomic E-state index is 0.0840. The number of benzene rings is 2. The molecule has 2 aromatic carbocycles. The number of carbonyl (C=O) groups is 2. The Morgan fingerprint density at radius 3 is 2.48 bits per heavy atom. The summed E-state index contributed by atoms with van der Waals surface area (Å²) in [7, 11) is 0. The molecular formula is C26H34N2O3. The van der Waals surface area contributed by atoms with Gasteiger partial charge in [-0.3, -0.25) is 9.59 Å². The van der Waals surface area contributed by atoms with Gasteiger partial charge in [0.15, 0.2) is 0 Å². The van der Waals surface area contributed by atoms with Gasteiger partial charge in [-0.05, 0) is 62.4 Å². The number of carbonyl (C=O) groups excluding carboxylic acids is 2. The van der Waals surface area contributed by atoms with E-state index in [4.69, 9.17) is 4.74 Å². The van der Waals surface area contributed by atoms with E-state index < -0.39 is 0 Å². The van der Waals surface area contributed by atoms with Crippen LogP contribution in [0.4, 0.5) is 0 Å². The second-order valence-corrected chi connectivity index (χ2v) is 8.25. The third-order valence-corrected chi connectivity index (χ3v) is 5.79. The van der Waals surface area contributed by atoms with Crippen molar-refractivity contribution in [3.63, 3.8) is 0 Å². The Hall–Kier alpha value is -2.82. The van der Waals surface area contributed by atoms with Gasteiger partial charge in [-0.15, -0.1) is 0 Å². The minimum absolute atomic E-state index is 0.0840. The number of hydrogen-bond donors (Lipinski definition) is 0. The van der Waals surface area contributed by atoms with E-state index >= 15 is 0 Å². The molecule has 5 heteroatoms. The number of rotatable bonds is 9. The molecule has 1 aliphatic rings. The Morgan fingerprint density at radius 2 is 1.81 bits per heavy atom. The fraction of sp³-hybridized carbons (Fsp3) is 0.462. The van der Waals surface area contributed by atoms with Gasteiger partial charge in [-0.25, -0.2) is 0 Å². The van der Waals surface area contributed by atoms with E-state index in [-0.39, 0.29) is 17.9 Å². The average Bonchev–Trinajstić information content (AvgIpc) is 2.80. The highest BCUT2D eigenvalue weighted by molar-refractivity contribution is 5.94. The topological polar surface area (TPSA) is 49.9 Å². The standard InChI is InChI=1S/C26H34N2O3/c1-3-16-28(25(29)13-8-19-31-24-12-7-9-21(2)20-24)23-14-17-27(18-15-23)26(30)22-10-5-4-6-11-22/h4-7,9-12,20,23H,3,8,13-19H2,1-2H3. The molecule has 0 spiro atoms. The molecule has 2 amide bonds. The van der Waals surface area contributed by atoms with Crippen molar-refractivity contribution in [1.29, 1.82) is 0 Å². The van der Waals surface area contributed by atoms with Crippen molar-refractivity contribution < 1.29 is 14.3 Å². The lowest BCUT2D eigenvalue weighted by Crippen LogP contribution is -2.49. The largest absolute Gasteiger partial charge is 0.494 e. The molecule has 0 saturated carbocycles. The molecule has 31 heavy (non-hydrogen) atoms. The third kappa shape index (κ3) is 6.58. The van der Waals surface area contributed by atoms with E-state index in [1.54, 1.807) is 0 Å². The van der Waals surface area contributed by atoms with Crippen LogP contribution in [-0.4, -0.2) is 53.9 Å². The maximum absolute atomic E-state index is 12.9. The Morgan fingerprint density at radius 1 is 1.06 bits per heavy atom. The van der Waals surface area contributed by atoms with E-state index in [1.165, 1.54) is 5.56 Å². The first-order chi connectivity index (χ1) is 15.1. The lowest BCUT2D eigenvalue weighted by atomic mass is 10.0. The number of nitrogens with zero attached hydrogens (tertiary/aromatic N) is 2. The Bertz CT molecular complexity index is 845. The predicted octanol–water partition coefficient (Wildman–Crippen LogP) is 4.70. The molecule has 0 unspecified atom stereocenters. The normalized spacial score (nSPS) is 14.3. The van der Waals surface area contributed by atoms with Gasteiger partial charge in [0.2, 0.25) is 5.91 Å². The summed E-state index contributed by atoms with van der Waals surface area (Å²) in [5.41, 5.74) is 1.90. The first-order valence-electron chi connectivity index (χ1n) is 11.4. The fourth-order valence-corrected chi connectivity index (χ4v) is 4.16. The SMILES string of the molecule is CCCN(C(=O)CCCOc1cccc(C)c1)C1CCN(C(=O)c2ccccc2)CC1. The van der Waals surface area contributed by atoms with Crippen molar-refractivity contribution in [2.45, 2.75) is 52.0 Å². The zero-order valence-electron chi connectivity index (χ0n) is 18.8. The van der Waals surface area contributed by atoms with Crippen LogP contribution in [0.3, 0.4) is 0 Å². The second kappa shape index (κ2) is 11.5. The summed E-state index contributed by atoms with van der Waals surface area (Å²) in [5.74, 6) is 1.14. The summed E-state index contributed by atoms with van der Waals surface area (Å²) in [6.07, 6.45) is 3.82. The van der Waals surface area contributed by atoms with E-state index in [9.17, 15) is 9.59 Å². The van der Waals surface area contributed by atoms with E-state index in [0.29, 0.717) is 32.5 Å². The molecule has 0 N–H and O–H groups in total. The molecular weight excluding hydrogens is 388 g/mol. The van der Waals surface area contributed by atoms with Crippen molar-refractivity contribution in [1.82, 2.24) is 9.80 Å². The molecule has 1 heterocycles. The Balaban J connectivity index is 1.46. The number of amides is 2. The second-order valence-electron chi connectivity index (χ2n) is 8.25. The lowest BCUT2D eigenvalue weighted by Gasteiger charge is -2.38. The van der Waals surface area contributed by atoms with Crippen molar-refractivity contribution in [2.24, 2.45) is 0 Å². The zero-order valence-corrected chi connectivity index (χ0v) is 18.8. The quantitative estimate of drug-likeness (QED) is 0.551. The molecule has 0 radical (unpaired) electrons. The summed E-state index contributed by atoms with van der Waals surface area (Å²) < 4.78 is 5.79. The molecule has 0 atom stereocenters. The summed E-state index contributed by atoms with van der Waals surface area (Å²) in [4.78, 5) is 29.6. The highest BCUT2D eigenvalue weighted by Crippen LogP contribution is 2.20. The molecule has 0 aliphatic carbocycles. The van der Waals surface area contributed by atoms with Gasteiger partial charge < -0.3 is 14.5 Å². The first kappa shape index (κ1) is 22.9. The maximum atomic E-state index is 12.9. The van der Waals surface area contributed by atoms with Crippen LogP contribution in [0.5, 0.6) is 5.75 Å². The molecule has 166 valence electrons. The van der Waals surface area contributed by atoms with Crippen LogP contribution in [0.1, 0.15) is 54.9 Å². The average molecular weight is 423 g/mol. The van der Waals surface area contributed by atoms with E-state index in [2.05, 4.69) is 6.92 Å². The molecule has 2 aromatic rings. The number of hydrogen-bond acceptors (Lipinski definition) is 3. The lowest BCUT2D eigenvalue weighted by molar-refractivity contribution is -0.134. The molecule has 1 aliphatic heterocycles. The monoisotopic (exact) mass is 422 g/mol. The maximum Gasteiger partial charge on any atom is 0.253 e. The number of aryl methyl sites for hydroxylation is 1. The Kier molecular flexibility index (Phi) is 8.51. The fourth-order valence-electron chi connectivity index (χ4n) is 4.16. The minimum Gasteiger partial charge on any atom is -0.494 e. The predicted molar refractivity (Wildman–Crippen MR) is 123 cm³/mol. The molecule has 0 bridgehead atoms. The van der Waals surface area contributed by atoms with Crippen LogP contribution in [0.15, 0.2) is 54.6 Å². The molecule has 3 rings (SSSR count). The van der Waals surface area contributed by atoms with E-state index in [1.807, 2.05) is 71.3 Å². The van der Waals surface area contributed by atoms with Gasteiger partial charge in [0, 0.05) is 37.7 Å². The number of ether oxygens (including phenoxy) is 1. The smallest absolute Gasteiger partial charge is 0.253 e. The molecule has 0 aromatic heterocycles. The van der Waals surface area contributed by atoms with Crippen LogP contribution in [-0.2, 0) is 4.79 Å². The summed E-state index contributed by atoms with van der Waals surface area (Å²) in [5, 5.41) is 0. The van der Waals surface area contributed by atoms with Crippen LogP contribution >= 0.6 is 0 Å². The summed E-state index contributed by atoms with van der Waals surface area (Å²) in [6.45, 7) is 6.85. The van der Waals surface area contributed by atoms with Crippen LogP contribution in [0.2, 0.25) is 0 Å². The van der Waals surface area contributed by atoms with Crippen molar-refractivity contribution >= 4 is 11.8 Å². The van der Waals surface area contributed by atoms with Gasteiger partial charge in [0.1, 0.15) is 5.75 Å². The highest BCUT2D eigenvalue weighted by Gasteiger charge is 2.29. The van der Waals surface area contributed by atoms with Gasteiger partial charge in [0.25, 0.3) is 5.91 Å². The van der Waals surface area contributed by atoms with E-state index in [0.717, 1.165) is 37.1 Å². The van der Waals surface area contributed by atoms with Gasteiger partial charge in [-0.1, -0.05) is 37.3 Å². The van der Waals surface area contributed by atoms with Crippen LogP contribution < -0.4 is 4.74 Å². The zero-order chi connectivity index (χ0) is 22.1. The molecule has 1 saturated heterocycles. The first-order valence-corrected chi connectivity index (χ1v) is 11.4. The van der Waals surface area contributed by atoms with Crippen molar-refractivity contribution in [3.05, 3.63) is 65.7 Å². The Labute approximate surface area is 186 Å². The third-order valence-electron chi connectivity index (χ3n) is 5.79. The van der Waals surface area contributed by atoms with Crippen LogP contribution in [0.25, 0.3) is 0 Å². The van der Waals surface area contributed by atoms with Gasteiger partial charge in [0.05, 0.1) is 6.61 Å². The number of piperidine rings is 1. The highest BCUT2D eigenvalue weighted by atomic mass is 16.5. The van der Waals surface area contributed by atoms with Crippen molar-refractivity contribution in [2.75, 3.05) is 26.2 Å². The van der Waals surface area contributed by atoms with Crippen molar-refractivity contribution in [3.8, 4) is 5.75 Å². The summed E-state index contributed by atoms with van der Waals surface area (Å²) >= 11 is 0. The number of likely N-dealkylation sites (tertiary alicyclic amines) is 1. The van der Waals surface area contributed by atoms with Gasteiger partial charge >= 0.3 is 0 Å². The molecule has 5 nitrogen and oxygen atoms in total. The molecule has 1 fully saturated rings. The summed E-state index contributed by atoms with van der Waals surface area (Å²) in [6, 6.07) is 17.6. The van der Waals surface area contributed by atoms with Gasteiger partial charge in [-0.2, -0.15) is 0 Å². The van der Waals surface area contributed by atoms with Crippen LogP contribution in [0, 0.1) is 6.92 Å².